The summed E-state index contributed by atoms with van der Waals surface area (Å²) in [5, 5.41) is 9.89. The average Bonchev–Trinajstić information content (AvgIpc) is 2.62. The fourth-order valence-corrected chi connectivity index (χ4v) is 2.42. The molecular weight excluding hydrogens is 238 g/mol. The van der Waals surface area contributed by atoms with E-state index in [0.717, 1.165) is 0 Å². The van der Waals surface area contributed by atoms with E-state index in [1.807, 2.05) is 0 Å². The number of carbonyl (C=O) groups is 2. The van der Waals surface area contributed by atoms with Crippen molar-refractivity contribution in [3.05, 3.63) is 33.2 Å². The highest BCUT2D eigenvalue weighted by molar-refractivity contribution is 5.96. The van der Waals surface area contributed by atoms with Crippen molar-refractivity contribution in [3.8, 4) is 0 Å². The Morgan fingerprint density at radius 3 is 2.89 bits per heavy atom. The van der Waals surface area contributed by atoms with Gasteiger partial charge in [0.15, 0.2) is 5.78 Å². The van der Waals surface area contributed by atoms with Gasteiger partial charge in [-0.25, -0.2) is 0 Å². The zero-order chi connectivity index (χ0) is 12.9. The minimum atomic E-state index is -1.08. The zero-order valence-corrected chi connectivity index (χ0v) is 9.51. The van der Waals surface area contributed by atoms with Crippen LogP contribution in [0.15, 0.2) is 10.9 Å². The minimum absolute atomic E-state index is 0.112. The molecule has 0 aliphatic carbocycles. The van der Waals surface area contributed by atoms with Crippen LogP contribution >= 0.6 is 0 Å². The van der Waals surface area contributed by atoms with E-state index in [4.69, 9.17) is 4.74 Å². The van der Waals surface area contributed by atoms with Gasteiger partial charge in [0.25, 0.3) is 5.56 Å². The number of Topliss-reactive ketones (excluding diaryl/α,β-unsaturated/α-hetero) is 1. The number of esters is 1. The molecule has 94 valence electrons. The van der Waals surface area contributed by atoms with Crippen molar-refractivity contribution in [1.82, 2.24) is 4.57 Å². The molecule has 18 heavy (non-hydrogen) atoms. The largest absolute Gasteiger partial charge is 0.460 e. The number of pyridine rings is 1. The van der Waals surface area contributed by atoms with Crippen LogP contribution in [0.5, 0.6) is 0 Å². The first-order valence-corrected chi connectivity index (χ1v) is 5.71. The van der Waals surface area contributed by atoms with Gasteiger partial charge in [-0.15, -0.1) is 0 Å². The van der Waals surface area contributed by atoms with Crippen molar-refractivity contribution in [1.29, 1.82) is 0 Å². The van der Waals surface area contributed by atoms with Gasteiger partial charge in [0.05, 0.1) is 23.8 Å². The molecule has 0 aromatic carbocycles. The summed E-state index contributed by atoms with van der Waals surface area (Å²) in [7, 11) is 0. The van der Waals surface area contributed by atoms with Gasteiger partial charge in [0.2, 0.25) is 0 Å². The lowest BCUT2D eigenvalue weighted by Crippen LogP contribution is -2.26. The number of hydrogen-bond donors (Lipinski definition) is 1. The summed E-state index contributed by atoms with van der Waals surface area (Å²) in [6.45, 7) is 0.211. The van der Waals surface area contributed by atoms with Crippen molar-refractivity contribution in [3.63, 3.8) is 0 Å². The molecule has 6 nitrogen and oxygen atoms in total. The van der Waals surface area contributed by atoms with Crippen LogP contribution in [0.3, 0.4) is 0 Å². The van der Waals surface area contributed by atoms with Gasteiger partial charge in [-0.1, -0.05) is 0 Å². The Labute approximate surface area is 102 Å². The predicted molar refractivity (Wildman–Crippen MR) is 59.0 cm³/mol. The van der Waals surface area contributed by atoms with Crippen LogP contribution in [-0.4, -0.2) is 21.4 Å². The topological polar surface area (TPSA) is 85.6 Å². The third-order valence-corrected chi connectivity index (χ3v) is 3.38. The molecule has 0 unspecified atom stereocenters. The van der Waals surface area contributed by atoms with E-state index >= 15 is 0 Å². The summed E-state index contributed by atoms with van der Waals surface area (Å²) in [6, 6.07) is 1.51. The predicted octanol–water partition coefficient (Wildman–Crippen LogP) is -0.0850. The Hall–Kier alpha value is -1.95. The van der Waals surface area contributed by atoms with E-state index in [1.54, 1.807) is 0 Å². The van der Waals surface area contributed by atoms with E-state index in [2.05, 4.69) is 0 Å². The summed E-state index contributed by atoms with van der Waals surface area (Å²) < 4.78 is 6.25. The van der Waals surface area contributed by atoms with Crippen LogP contribution in [0.25, 0.3) is 0 Å². The number of aliphatic hydroxyl groups excluding tert-OH is 1. The molecule has 1 aromatic rings. The highest BCUT2D eigenvalue weighted by Gasteiger charge is 2.30. The van der Waals surface area contributed by atoms with Crippen LogP contribution in [0.2, 0.25) is 0 Å². The number of ketones is 1. The number of rotatable bonds is 0. The summed E-state index contributed by atoms with van der Waals surface area (Å²) in [5.41, 5.74) is 0.577. The standard InChI is InChI=1S/C12H11NO5/c14-9-1-2-13-8(9)3-6-7(12(13)17)5-18-11(16)4-10(6)15/h3,10,15H,1-2,4-5H2/t10-/m1/s1. The maximum atomic E-state index is 12.2. The molecule has 6 heteroatoms. The number of carbonyl (C=O) groups excluding carboxylic acids is 2. The van der Waals surface area contributed by atoms with Crippen molar-refractivity contribution in [2.24, 2.45) is 0 Å². The van der Waals surface area contributed by atoms with E-state index in [-0.39, 0.29) is 29.9 Å². The third kappa shape index (κ3) is 1.49. The van der Waals surface area contributed by atoms with E-state index in [0.29, 0.717) is 24.2 Å². The fraction of sp³-hybridized carbons (Fsp3) is 0.417. The molecule has 1 aromatic heterocycles. The highest BCUT2D eigenvalue weighted by atomic mass is 16.5. The number of aromatic nitrogens is 1. The zero-order valence-electron chi connectivity index (χ0n) is 9.51. The van der Waals surface area contributed by atoms with Crippen LogP contribution < -0.4 is 5.56 Å². The van der Waals surface area contributed by atoms with E-state index < -0.39 is 12.1 Å². The molecule has 3 heterocycles. The second-order valence-corrected chi connectivity index (χ2v) is 4.47. The Kier molecular flexibility index (Phi) is 2.34. The van der Waals surface area contributed by atoms with Gasteiger partial charge in [-0.05, 0) is 11.6 Å². The molecule has 2 aliphatic rings. The number of fused-ring (bicyclic) bond motifs is 2. The molecule has 0 bridgehead atoms. The van der Waals surface area contributed by atoms with Crippen LogP contribution in [0, 0.1) is 0 Å². The number of aliphatic hydroxyl groups is 1. The molecule has 2 aliphatic heterocycles. The Bertz CT molecular complexity index is 616. The number of cyclic esters (lactones) is 1. The summed E-state index contributed by atoms with van der Waals surface area (Å²) in [5.74, 6) is -0.659. The van der Waals surface area contributed by atoms with Gasteiger partial charge in [0.1, 0.15) is 6.61 Å². The molecule has 0 saturated heterocycles. The number of hydrogen-bond acceptors (Lipinski definition) is 5. The van der Waals surface area contributed by atoms with Crippen molar-refractivity contribution >= 4 is 11.8 Å². The average molecular weight is 249 g/mol. The lowest BCUT2D eigenvalue weighted by atomic mass is 10.0. The molecule has 0 spiro atoms. The van der Waals surface area contributed by atoms with Crippen molar-refractivity contribution in [2.75, 3.05) is 0 Å². The van der Waals surface area contributed by atoms with Crippen molar-refractivity contribution < 1.29 is 19.4 Å². The van der Waals surface area contributed by atoms with Crippen LogP contribution in [0.4, 0.5) is 0 Å². The molecule has 0 radical (unpaired) electrons. The minimum Gasteiger partial charge on any atom is -0.460 e. The highest BCUT2D eigenvalue weighted by Crippen LogP contribution is 2.26. The van der Waals surface area contributed by atoms with E-state index in [1.165, 1.54) is 10.6 Å². The SMILES string of the molecule is O=C1C[C@@H](O)c2cc3n(c(=O)c2CO1)CCC3=O. The first kappa shape index (κ1) is 11.2. The Balaban J connectivity index is 2.24. The first-order chi connectivity index (χ1) is 8.58. The first-order valence-electron chi connectivity index (χ1n) is 5.71. The van der Waals surface area contributed by atoms with Gasteiger partial charge < -0.3 is 14.4 Å². The Morgan fingerprint density at radius 2 is 2.11 bits per heavy atom. The molecular formula is C12H11NO5. The number of ether oxygens (including phenoxy) is 1. The molecule has 0 fully saturated rings. The second-order valence-electron chi connectivity index (χ2n) is 4.47. The van der Waals surface area contributed by atoms with Crippen molar-refractivity contribution in [2.45, 2.75) is 32.1 Å². The maximum Gasteiger partial charge on any atom is 0.309 e. The van der Waals surface area contributed by atoms with Gasteiger partial charge in [-0.2, -0.15) is 0 Å². The number of nitrogens with zero attached hydrogens (tertiary/aromatic N) is 1. The summed E-state index contributed by atoms with van der Waals surface area (Å²) in [4.78, 5) is 35.0. The monoisotopic (exact) mass is 249 g/mol. The molecule has 1 N–H and O–H groups in total. The normalized spacial score (nSPS) is 22.2. The quantitative estimate of drug-likeness (QED) is 0.650. The molecule has 3 rings (SSSR count). The van der Waals surface area contributed by atoms with Crippen LogP contribution in [0.1, 0.15) is 40.6 Å². The Morgan fingerprint density at radius 1 is 1.33 bits per heavy atom. The lowest BCUT2D eigenvalue weighted by Gasteiger charge is -2.12. The fourth-order valence-electron chi connectivity index (χ4n) is 2.42. The molecule has 0 saturated carbocycles. The summed E-state index contributed by atoms with van der Waals surface area (Å²) >= 11 is 0. The third-order valence-electron chi connectivity index (χ3n) is 3.38. The maximum absolute atomic E-state index is 12.2. The molecule has 0 amide bonds. The van der Waals surface area contributed by atoms with Crippen LogP contribution in [-0.2, 0) is 22.7 Å². The van der Waals surface area contributed by atoms with E-state index in [9.17, 15) is 19.5 Å². The smallest absolute Gasteiger partial charge is 0.309 e. The van der Waals surface area contributed by atoms with Gasteiger partial charge >= 0.3 is 5.97 Å². The van der Waals surface area contributed by atoms with Gasteiger partial charge in [0, 0.05) is 13.0 Å². The summed E-state index contributed by atoms with van der Waals surface area (Å²) in [6.07, 6.45) is -0.972. The lowest BCUT2D eigenvalue weighted by molar-refractivity contribution is -0.146. The molecule has 1 atom stereocenters. The van der Waals surface area contributed by atoms with Gasteiger partial charge in [-0.3, -0.25) is 14.4 Å². The second kappa shape index (κ2) is 3.78.